The number of aliphatic hydroxyl groups is 2. The molecule has 0 aromatic carbocycles. The molecule has 2 aromatic heterocycles. The van der Waals surface area contributed by atoms with Gasteiger partial charge >= 0.3 is 0 Å². The quantitative estimate of drug-likeness (QED) is 0.641. The van der Waals surface area contributed by atoms with E-state index in [1.807, 2.05) is 6.07 Å². The molecule has 0 spiro atoms. The second-order valence-electron chi connectivity index (χ2n) is 3.96. The molecule has 0 fully saturated rings. The van der Waals surface area contributed by atoms with E-state index in [4.69, 9.17) is 10.2 Å². The van der Waals surface area contributed by atoms with Crippen LogP contribution in [0.1, 0.15) is 5.69 Å². The SMILES string of the molecule is O=c1cc(CNC(CO)CO)nc2ccccn12. The Balaban J connectivity index is 2.22. The summed E-state index contributed by atoms with van der Waals surface area (Å²) in [6.45, 7) is -0.00144. The molecule has 0 aliphatic heterocycles. The van der Waals surface area contributed by atoms with Crippen molar-refractivity contribution in [3.63, 3.8) is 0 Å². The van der Waals surface area contributed by atoms with Crippen LogP contribution in [0.3, 0.4) is 0 Å². The molecule has 0 aliphatic carbocycles. The number of fused-ring (bicyclic) bond motifs is 1. The maximum atomic E-state index is 11.8. The Morgan fingerprint density at radius 2 is 2.11 bits per heavy atom. The van der Waals surface area contributed by atoms with Crippen molar-refractivity contribution >= 4 is 5.65 Å². The van der Waals surface area contributed by atoms with Gasteiger partial charge in [0.15, 0.2) is 0 Å². The lowest BCUT2D eigenvalue weighted by molar-refractivity contribution is 0.170. The molecule has 2 rings (SSSR count). The Bertz CT molecular complexity index is 578. The molecule has 0 amide bonds. The zero-order chi connectivity index (χ0) is 13.0. The van der Waals surface area contributed by atoms with Crippen molar-refractivity contribution in [3.05, 3.63) is 46.5 Å². The van der Waals surface area contributed by atoms with Gasteiger partial charge in [-0.3, -0.25) is 9.20 Å². The molecule has 2 aromatic rings. The Hall–Kier alpha value is -1.76. The van der Waals surface area contributed by atoms with Crippen LogP contribution in [0.25, 0.3) is 5.65 Å². The molecular weight excluding hydrogens is 234 g/mol. The van der Waals surface area contributed by atoms with E-state index in [0.29, 0.717) is 17.9 Å². The van der Waals surface area contributed by atoms with Gasteiger partial charge in [0, 0.05) is 18.8 Å². The van der Waals surface area contributed by atoms with Gasteiger partial charge in [-0.1, -0.05) is 6.07 Å². The van der Waals surface area contributed by atoms with E-state index in [9.17, 15) is 4.79 Å². The first-order valence-corrected chi connectivity index (χ1v) is 5.67. The van der Waals surface area contributed by atoms with Crippen molar-refractivity contribution in [2.75, 3.05) is 13.2 Å². The van der Waals surface area contributed by atoms with Crippen molar-refractivity contribution < 1.29 is 10.2 Å². The van der Waals surface area contributed by atoms with E-state index in [0.717, 1.165) is 0 Å². The highest BCUT2D eigenvalue weighted by atomic mass is 16.3. The van der Waals surface area contributed by atoms with Crippen molar-refractivity contribution in [1.29, 1.82) is 0 Å². The third kappa shape index (κ3) is 2.73. The number of aromatic nitrogens is 2. The molecule has 0 unspecified atom stereocenters. The van der Waals surface area contributed by atoms with E-state index in [1.165, 1.54) is 10.5 Å². The summed E-state index contributed by atoms with van der Waals surface area (Å²) in [5, 5.41) is 20.8. The van der Waals surface area contributed by atoms with Crippen molar-refractivity contribution in [3.8, 4) is 0 Å². The van der Waals surface area contributed by atoms with Crippen molar-refractivity contribution in [2.24, 2.45) is 0 Å². The van der Waals surface area contributed by atoms with Gasteiger partial charge in [0.2, 0.25) is 0 Å². The van der Waals surface area contributed by atoms with Gasteiger partial charge in [-0.05, 0) is 12.1 Å². The minimum atomic E-state index is -0.402. The highest BCUT2D eigenvalue weighted by molar-refractivity contribution is 5.37. The van der Waals surface area contributed by atoms with Crippen LogP contribution in [-0.4, -0.2) is 38.9 Å². The maximum absolute atomic E-state index is 11.8. The maximum Gasteiger partial charge on any atom is 0.258 e. The first kappa shape index (κ1) is 12.7. The summed E-state index contributed by atoms with van der Waals surface area (Å²) in [6.07, 6.45) is 1.66. The van der Waals surface area contributed by atoms with Gasteiger partial charge in [-0.15, -0.1) is 0 Å². The van der Waals surface area contributed by atoms with Gasteiger partial charge < -0.3 is 15.5 Å². The van der Waals surface area contributed by atoms with Crippen molar-refractivity contribution in [1.82, 2.24) is 14.7 Å². The minimum Gasteiger partial charge on any atom is -0.395 e. The summed E-state index contributed by atoms with van der Waals surface area (Å²) in [5.41, 5.74) is 1.01. The highest BCUT2D eigenvalue weighted by Gasteiger charge is 2.06. The summed E-state index contributed by atoms with van der Waals surface area (Å²) in [4.78, 5) is 16.1. The fourth-order valence-corrected chi connectivity index (χ4v) is 1.63. The molecule has 6 heteroatoms. The number of rotatable bonds is 5. The standard InChI is InChI=1S/C12H15N3O3/c16-7-10(8-17)13-6-9-5-12(18)15-4-2-1-3-11(15)14-9/h1-5,10,13,16-17H,6-8H2. The van der Waals surface area contributed by atoms with Gasteiger partial charge in [-0.2, -0.15) is 0 Å². The zero-order valence-corrected chi connectivity index (χ0v) is 9.78. The van der Waals surface area contributed by atoms with E-state index >= 15 is 0 Å². The van der Waals surface area contributed by atoms with Gasteiger partial charge in [0.25, 0.3) is 5.56 Å². The molecule has 96 valence electrons. The number of hydrogen-bond donors (Lipinski definition) is 3. The molecule has 3 N–H and O–H groups in total. The Kier molecular flexibility index (Phi) is 4.03. The third-order valence-corrected chi connectivity index (χ3v) is 2.64. The Morgan fingerprint density at radius 1 is 1.33 bits per heavy atom. The minimum absolute atomic E-state index is 0.151. The van der Waals surface area contributed by atoms with E-state index in [2.05, 4.69) is 10.3 Å². The molecule has 0 atom stereocenters. The molecule has 0 aliphatic rings. The predicted molar refractivity (Wildman–Crippen MR) is 66.3 cm³/mol. The molecule has 0 bridgehead atoms. The Labute approximate surface area is 104 Å². The smallest absolute Gasteiger partial charge is 0.258 e. The highest BCUT2D eigenvalue weighted by Crippen LogP contribution is 1.98. The van der Waals surface area contributed by atoms with Gasteiger partial charge in [0.1, 0.15) is 5.65 Å². The number of pyridine rings is 1. The normalized spacial score (nSPS) is 11.3. The van der Waals surface area contributed by atoms with Crippen LogP contribution in [0, 0.1) is 0 Å². The van der Waals surface area contributed by atoms with E-state index < -0.39 is 6.04 Å². The largest absolute Gasteiger partial charge is 0.395 e. The van der Waals surface area contributed by atoms with Gasteiger partial charge in [0.05, 0.1) is 24.9 Å². The Morgan fingerprint density at radius 3 is 2.83 bits per heavy atom. The molecule has 0 saturated carbocycles. The summed E-state index contributed by atoms with van der Waals surface area (Å²) in [7, 11) is 0. The molecular formula is C12H15N3O3. The van der Waals surface area contributed by atoms with E-state index in [-0.39, 0.29) is 18.8 Å². The topological polar surface area (TPSA) is 86.9 Å². The predicted octanol–water partition coefficient (Wildman–Crippen LogP) is -0.863. The second kappa shape index (κ2) is 5.72. The fraction of sp³-hybridized carbons (Fsp3) is 0.333. The summed E-state index contributed by atoms with van der Waals surface area (Å²) in [6, 6.07) is 6.36. The lowest BCUT2D eigenvalue weighted by Crippen LogP contribution is -2.35. The zero-order valence-electron chi connectivity index (χ0n) is 9.78. The molecule has 2 heterocycles. The van der Waals surface area contributed by atoms with Crippen molar-refractivity contribution in [2.45, 2.75) is 12.6 Å². The van der Waals surface area contributed by atoms with Crippen LogP contribution >= 0.6 is 0 Å². The number of nitrogens with one attached hydrogen (secondary N) is 1. The van der Waals surface area contributed by atoms with Crippen LogP contribution in [0.2, 0.25) is 0 Å². The fourth-order valence-electron chi connectivity index (χ4n) is 1.63. The van der Waals surface area contributed by atoms with Crippen LogP contribution < -0.4 is 10.9 Å². The number of aliphatic hydroxyl groups excluding tert-OH is 2. The van der Waals surface area contributed by atoms with Crippen LogP contribution in [0.4, 0.5) is 0 Å². The van der Waals surface area contributed by atoms with E-state index in [1.54, 1.807) is 18.3 Å². The summed E-state index contributed by atoms with van der Waals surface area (Å²) in [5.74, 6) is 0. The number of hydrogen-bond acceptors (Lipinski definition) is 5. The van der Waals surface area contributed by atoms with Gasteiger partial charge in [-0.25, -0.2) is 4.98 Å². The molecule has 0 radical (unpaired) electrons. The lowest BCUT2D eigenvalue weighted by atomic mass is 10.3. The first-order valence-electron chi connectivity index (χ1n) is 5.67. The second-order valence-corrected chi connectivity index (χ2v) is 3.96. The van der Waals surface area contributed by atoms with Crippen LogP contribution in [0.5, 0.6) is 0 Å². The first-order chi connectivity index (χ1) is 8.74. The molecule has 0 saturated heterocycles. The summed E-state index contributed by atoms with van der Waals surface area (Å²) < 4.78 is 1.46. The lowest BCUT2D eigenvalue weighted by Gasteiger charge is -2.12. The number of nitrogens with zero attached hydrogens (tertiary/aromatic N) is 2. The van der Waals surface area contributed by atoms with Crippen LogP contribution in [-0.2, 0) is 6.54 Å². The third-order valence-electron chi connectivity index (χ3n) is 2.64. The molecule has 18 heavy (non-hydrogen) atoms. The average Bonchev–Trinajstić information content (AvgIpc) is 2.40. The average molecular weight is 249 g/mol. The summed E-state index contributed by atoms with van der Waals surface area (Å²) >= 11 is 0. The van der Waals surface area contributed by atoms with Crippen LogP contribution in [0.15, 0.2) is 35.3 Å². The molecule has 6 nitrogen and oxygen atoms in total. The monoisotopic (exact) mass is 249 g/mol.